The van der Waals surface area contributed by atoms with Gasteiger partial charge < -0.3 is 5.11 Å². The average molecular weight is 240 g/mol. The van der Waals surface area contributed by atoms with Crippen LogP contribution in [0.5, 0.6) is 0 Å². The van der Waals surface area contributed by atoms with Crippen LogP contribution in [-0.2, 0) is 4.79 Å². The minimum atomic E-state index is -0.382. The molecule has 2 nitrogen and oxygen atoms in total. The highest BCUT2D eigenvalue weighted by Crippen LogP contribution is 2.15. The Morgan fingerprint density at radius 1 is 0.765 bits per heavy atom. The lowest BCUT2D eigenvalue weighted by Gasteiger charge is -2.09. The first-order valence-electron chi connectivity index (χ1n) is 7.49. The van der Waals surface area contributed by atoms with Gasteiger partial charge in [0.15, 0.2) is 0 Å². The molecular formula is C15H28O2. The largest absolute Gasteiger partial charge is 0.393 e. The summed E-state index contributed by atoms with van der Waals surface area (Å²) in [5.41, 5.74) is 0. The molecule has 100 valence electrons. The molecule has 0 spiro atoms. The van der Waals surface area contributed by atoms with Crippen LogP contribution in [0.3, 0.4) is 0 Å². The van der Waals surface area contributed by atoms with E-state index in [0.29, 0.717) is 12.8 Å². The molecule has 0 radical (unpaired) electrons. The molecule has 1 aliphatic rings. The van der Waals surface area contributed by atoms with E-state index in [1.54, 1.807) is 0 Å². The van der Waals surface area contributed by atoms with E-state index in [1.165, 1.54) is 51.4 Å². The predicted octanol–water partition coefficient (Wildman–Crippen LogP) is 4.00. The second-order valence-electron chi connectivity index (χ2n) is 5.47. The molecule has 2 heteroatoms. The van der Waals surface area contributed by atoms with Gasteiger partial charge in [-0.05, 0) is 12.8 Å². The molecular weight excluding hydrogens is 212 g/mol. The zero-order valence-electron chi connectivity index (χ0n) is 11.1. The molecule has 1 rings (SSSR count). The number of aliphatic hydroxyl groups excluding tert-OH is 1. The lowest BCUT2D eigenvalue weighted by atomic mass is 10.0. The Hall–Kier alpha value is -0.370. The number of hydrogen-bond donors (Lipinski definition) is 1. The Balaban J connectivity index is 2.23. The van der Waals surface area contributed by atoms with Gasteiger partial charge in [-0.1, -0.05) is 57.8 Å². The van der Waals surface area contributed by atoms with Gasteiger partial charge in [0.05, 0.1) is 6.10 Å². The Morgan fingerprint density at radius 2 is 1.24 bits per heavy atom. The van der Waals surface area contributed by atoms with Gasteiger partial charge in [-0.25, -0.2) is 0 Å². The van der Waals surface area contributed by atoms with Crippen molar-refractivity contribution in [1.29, 1.82) is 0 Å². The first-order valence-corrected chi connectivity index (χ1v) is 7.49. The number of aliphatic hydroxyl groups is 1. The summed E-state index contributed by atoms with van der Waals surface area (Å²) in [6.07, 6.45) is 13.9. The maximum atomic E-state index is 11.6. The molecule has 0 aliphatic heterocycles. The zero-order valence-corrected chi connectivity index (χ0v) is 11.1. The molecule has 0 aromatic carbocycles. The topological polar surface area (TPSA) is 37.3 Å². The van der Waals surface area contributed by atoms with E-state index < -0.39 is 0 Å². The van der Waals surface area contributed by atoms with Gasteiger partial charge in [0.25, 0.3) is 0 Å². The van der Waals surface area contributed by atoms with E-state index in [4.69, 9.17) is 0 Å². The normalized spacial score (nSPS) is 27.1. The highest BCUT2D eigenvalue weighted by Gasteiger charge is 2.10. The van der Waals surface area contributed by atoms with Crippen LogP contribution in [0.2, 0.25) is 0 Å². The van der Waals surface area contributed by atoms with Crippen LogP contribution < -0.4 is 0 Å². The molecule has 1 atom stereocenters. The molecule has 0 heterocycles. The van der Waals surface area contributed by atoms with Crippen LogP contribution in [0, 0.1) is 0 Å². The Labute approximate surface area is 106 Å². The van der Waals surface area contributed by atoms with Crippen molar-refractivity contribution in [3.63, 3.8) is 0 Å². The number of Topliss-reactive ketones (excluding diaryl/α,β-unsaturated/α-hetero) is 1. The Morgan fingerprint density at radius 3 is 1.82 bits per heavy atom. The van der Waals surface area contributed by atoms with Crippen LogP contribution in [0.25, 0.3) is 0 Å². The van der Waals surface area contributed by atoms with E-state index in [0.717, 1.165) is 19.3 Å². The van der Waals surface area contributed by atoms with Crippen LogP contribution in [0.15, 0.2) is 0 Å². The van der Waals surface area contributed by atoms with E-state index in [2.05, 4.69) is 0 Å². The zero-order chi connectivity index (χ0) is 12.3. The SMILES string of the molecule is O=C1CCCCCCCCCCCCC(O)C1. The Kier molecular flexibility index (Phi) is 8.33. The fraction of sp³-hybridized carbons (Fsp3) is 0.933. The maximum absolute atomic E-state index is 11.6. The van der Waals surface area contributed by atoms with Gasteiger partial charge in [0.1, 0.15) is 5.78 Å². The monoisotopic (exact) mass is 240 g/mol. The van der Waals surface area contributed by atoms with Gasteiger partial charge >= 0.3 is 0 Å². The molecule has 1 saturated carbocycles. The van der Waals surface area contributed by atoms with Crippen LogP contribution in [-0.4, -0.2) is 17.0 Å². The number of rotatable bonds is 0. The summed E-state index contributed by atoms with van der Waals surface area (Å²) in [7, 11) is 0. The Bertz CT molecular complexity index is 201. The molecule has 1 N–H and O–H groups in total. The van der Waals surface area contributed by atoms with Crippen LogP contribution >= 0.6 is 0 Å². The molecule has 1 unspecified atom stereocenters. The number of carbonyl (C=O) groups is 1. The van der Waals surface area contributed by atoms with E-state index in [-0.39, 0.29) is 11.9 Å². The van der Waals surface area contributed by atoms with Crippen molar-refractivity contribution < 1.29 is 9.90 Å². The average Bonchev–Trinajstić information content (AvgIpc) is 2.30. The van der Waals surface area contributed by atoms with Crippen molar-refractivity contribution in [3.05, 3.63) is 0 Å². The molecule has 0 aromatic rings. The minimum absolute atomic E-state index is 0.257. The molecule has 0 bridgehead atoms. The molecule has 1 aliphatic carbocycles. The summed E-state index contributed by atoms with van der Waals surface area (Å²) in [6.45, 7) is 0. The molecule has 0 amide bonds. The summed E-state index contributed by atoms with van der Waals surface area (Å²) < 4.78 is 0. The third-order valence-electron chi connectivity index (χ3n) is 3.71. The maximum Gasteiger partial charge on any atom is 0.135 e. The number of ketones is 1. The van der Waals surface area contributed by atoms with Crippen molar-refractivity contribution in [2.45, 2.75) is 89.6 Å². The van der Waals surface area contributed by atoms with Gasteiger partial charge in [-0.3, -0.25) is 4.79 Å². The summed E-state index contributed by atoms with van der Waals surface area (Å²) in [4.78, 5) is 11.6. The van der Waals surface area contributed by atoms with E-state index in [9.17, 15) is 9.90 Å². The lowest BCUT2D eigenvalue weighted by Crippen LogP contribution is -2.13. The molecule has 0 aromatic heterocycles. The highest BCUT2D eigenvalue weighted by atomic mass is 16.3. The number of hydrogen-bond acceptors (Lipinski definition) is 2. The second-order valence-corrected chi connectivity index (χ2v) is 5.47. The number of carbonyl (C=O) groups excluding carboxylic acids is 1. The first kappa shape index (κ1) is 14.7. The van der Waals surface area contributed by atoms with Gasteiger partial charge in [0.2, 0.25) is 0 Å². The van der Waals surface area contributed by atoms with Gasteiger partial charge in [-0.2, -0.15) is 0 Å². The molecule has 0 saturated heterocycles. The quantitative estimate of drug-likeness (QED) is 0.695. The predicted molar refractivity (Wildman–Crippen MR) is 71.0 cm³/mol. The molecule has 1 fully saturated rings. The standard InChI is InChI=1S/C15H28O2/c16-14-11-9-7-5-3-1-2-4-6-8-10-12-15(17)13-14/h14,16H,1-13H2. The van der Waals surface area contributed by atoms with Crippen molar-refractivity contribution in [2.75, 3.05) is 0 Å². The van der Waals surface area contributed by atoms with Gasteiger partial charge in [0, 0.05) is 12.8 Å². The van der Waals surface area contributed by atoms with Crippen molar-refractivity contribution in [1.82, 2.24) is 0 Å². The fourth-order valence-corrected chi connectivity index (χ4v) is 2.58. The van der Waals surface area contributed by atoms with Gasteiger partial charge in [-0.15, -0.1) is 0 Å². The van der Waals surface area contributed by atoms with E-state index in [1.807, 2.05) is 0 Å². The third kappa shape index (κ3) is 8.37. The van der Waals surface area contributed by atoms with Crippen molar-refractivity contribution >= 4 is 5.78 Å². The van der Waals surface area contributed by atoms with E-state index >= 15 is 0 Å². The lowest BCUT2D eigenvalue weighted by molar-refractivity contribution is -0.121. The summed E-state index contributed by atoms with van der Waals surface area (Å²) >= 11 is 0. The third-order valence-corrected chi connectivity index (χ3v) is 3.71. The van der Waals surface area contributed by atoms with Crippen LogP contribution in [0.4, 0.5) is 0 Å². The first-order chi connectivity index (χ1) is 8.29. The van der Waals surface area contributed by atoms with Crippen molar-refractivity contribution in [3.8, 4) is 0 Å². The fourth-order valence-electron chi connectivity index (χ4n) is 2.58. The summed E-state index contributed by atoms with van der Waals surface area (Å²) in [5.74, 6) is 0.257. The van der Waals surface area contributed by atoms with Crippen LogP contribution in [0.1, 0.15) is 83.5 Å². The second kappa shape index (κ2) is 9.64. The van der Waals surface area contributed by atoms with Crippen molar-refractivity contribution in [2.24, 2.45) is 0 Å². The summed E-state index contributed by atoms with van der Waals surface area (Å²) in [5, 5.41) is 9.72. The highest BCUT2D eigenvalue weighted by molar-refractivity contribution is 5.78. The minimum Gasteiger partial charge on any atom is -0.393 e. The molecule has 17 heavy (non-hydrogen) atoms. The smallest absolute Gasteiger partial charge is 0.135 e. The summed E-state index contributed by atoms with van der Waals surface area (Å²) in [6, 6.07) is 0.